The van der Waals surface area contributed by atoms with Crippen LogP contribution in [0.3, 0.4) is 0 Å². The van der Waals surface area contributed by atoms with Crippen molar-refractivity contribution in [2.75, 3.05) is 38.1 Å². The molecule has 0 spiro atoms. The van der Waals surface area contributed by atoms with E-state index in [9.17, 15) is 19.7 Å². The lowest BCUT2D eigenvalue weighted by Crippen LogP contribution is -2.48. The minimum absolute atomic E-state index is 0.0546. The van der Waals surface area contributed by atoms with Crippen LogP contribution in [-0.4, -0.2) is 67.1 Å². The molecule has 1 aliphatic rings. The summed E-state index contributed by atoms with van der Waals surface area (Å²) in [5.41, 5.74) is 5.28. The zero-order valence-electron chi connectivity index (χ0n) is 20.5. The summed E-state index contributed by atoms with van der Waals surface area (Å²) < 4.78 is 0. The quantitative estimate of drug-likeness (QED) is 0.340. The SMILES string of the molecule is Cc1ccc(C(=O)NC(C(=O)N/N=C/c2cc([N+](=O)[O-])ccc2N2CCN(C)CC2)C(C)C)cc1. The summed E-state index contributed by atoms with van der Waals surface area (Å²) in [5, 5.41) is 18.1. The van der Waals surface area contributed by atoms with Gasteiger partial charge in [-0.3, -0.25) is 19.7 Å². The number of nitrogens with one attached hydrogen (secondary N) is 2. The van der Waals surface area contributed by atoms with Crippen molar-refractivity contribution in [3.05, 3.63) is 69.3 Å². The number of carbonyl (C=O) groups is 2. The lowest BCUT2D eigenvalue weighted by atomic mass is 10.0. The van der Waals surface area contributed by atoms with Gasteiger partial charge in [-0.2, -0.15) is 5.10 Å². The molecule has 1 unspecified atom stereocenters. The number of anilines is 1. The van der Waals surface area contributed by atoms with Crippen molar-refractivity contribution >= 4 is 29.4 Å². The van der Waals surface area contributed by atoms with Gasteiger partial charge in [0.2, 0.25) is 0 Å². The molecule has 10 nitrogen and oxygen atoms in total. The highest BCUT2D eigenvalue weighted by atomic mass is 16.6. The lowest BCUT2D eigenvalue weighted by Gasteiger charge is -2.34. The molecule has 3 rings (SSSR count). The molecule has 186 valence electrons. The first-order valence-electron chi connectivity index (χ1n) is 11.6. The molecule has 1 atom stereocenters. The van der Waals surface area contributed by atoms with Gasteiger partial charge in [0.25, 0.3) is 17.5 Å². The molecule has 0 radical (unpaired) electrons. The molecule has 2 amide bonds. The number of aryl methyl sites for hydroxylation is 1. The van der Waals surface area contributed by atoms with E-state index in [0.29, 0.717) is 11.1 Å². The van der Waals surface area contributed by atoms with Gasteiger partial charge in [-0.05, 0) is 38.1 Å². The summed E-state index contributed by atoms with van der Waals surface area (Å²) in [6, 6.07) is 10.9. The van der Waals surface area contributed by atoms with Gasteiger partial charge in [0.15, 0.2) is 0 Å². The van der Waals surface area contributed by atoms with E-state index >= 15 is 0 Å². The Bertz CT molecular complexity index is 1090. The highest BCUT2D eigenvalue weighted by Gasteiger charge is 2.25. The number of piperazine rings is 1. The van der Waals surface area contributed by atoms with Crippen molar-refractivity contribution in [2.45, 2.75) is 26.8 Å². The maximum Gasteiger partial charge on any atom is 0.270 e. The molecule has 0 saturated carbocycles. The zero-order chi connectivity index (χ0) is 25.5. The van der Waals surface area contributed by atoms with Crippen LogP contribution in [0.5, 0.6) is 0 Å². The number of nitro benzene ring substituents is 1. The van der Waals surface area contributed by atoms with Crippen molar-refractivity contribution in [1.29, 1.82) is 0 Å². The molecule has 2 aromatic rings. The molecule has 1 fully saturated rings. The Morgan fingerprint density at radius 2 is 1.74 bits per heavy atom. The van der Waals surface area contributed by atoms with E-state index in [1.165, 1.54) is 18.3 Å². The van der Waals surface area contributed by atoms with E-state index in [-0.39, 0.29) is 17.5 Å². The topological polar surface area (TPSA) is 120 Å². The smallest absolute Gasteiger partial charge is 0.270 e. The predicted octanol–water partition coefficient (Wildman–Crippen LogP) is 2.56. The van der Waals surface area contributed by atoms with E-state index in [2.05, 4.69) is 25.6 Å². The first-order chi connectivity index (χ1) is 16.7. The third kappa shape index (κ3) is 6.86. The van der Waals surface area contributed by atoms with Crippen LogP contribution in [-0.2, 0) is 4.79 Å². The number of benzene rings is 2. The number of amides is 2. The molecule has 10 heteroatoms. The Labute approximate surface area is 205 Å². The average Bonchev–Trinajstić information content (AvgIpc) is 2.83. The fourth-order valence-corrected chi connectivity index (χ4v) is 3.79. The first-order valence-corrected chi connectivity index (χ1v) is 11.6. The summed E-state index contributed by atoms with van der Waals surface area (Å²) >= 11 is 0. The second kappa shape index (κ2) is 11.6. The van der Waals surface area contributed by atoms with Crippen molar-refractivity contribution in [1.82, 2.24) is 15.6 Å². The van der Waals surface area contributed by atoms with E-state index in [1.54, 1.807) is 18.2 Å². The van der Waals surface area contributed by atoms with Crippen LogP contribution in [0.15, 0.2) is 47.6 Å². The van der Waals surface area contributed by atoms with Crippen LogP contribution in [0.1, 0.15) is 35.3 Å². The molecule has 2 aromatic carbocycles. The van der Waals surface area contributed by atoms with Gasteiger partial charge in [0.1, 0.15) is 6.04 Å². The highest BCUT2D eigenvalue weighted by Crippen LogP contribution is 2.25. The Morgan fingerprint density at radius 1 is 1.09 bits per heavy atom. The van der Waals surface area contributed by atoms with E-state index in [4.69, 9.17) is 0 Å². The van der Waals surface area contributed by atoms with Gasteiger partial charge >= 0.3 is 0 Å². The monoisotopic (exact) mass is 480 g/mol. The summed E-state index contributed by atoms with van der Waals surface area (Å²) in [5.74, 6) is -1.000. The van der Waals surface area contributed by atoms with Gasteiger partial charge in [0, 0.05) is 55.1 Å². The third-order valence-electron chi connectivity index (χ3n) is 5.99. The number of carbonyl (C=O) groups excluding carboxylic acids is 2. The number of rotatable bonds is 8. The summed E-state index contributed by atoms with van der Waals surface area (Å²) in [4.78, 5) is 40.6. The molecule has 0 bridgehead atoms. The number of nitro groups is 1. The maximum atomic E-state index is 12.8. The number of hydrogen-bond acceptors (Lipinski definition) is 7. The summed E-state index contributed by atoms with van der Waals surface area (Å²) in [6.07, 6.45) is 1.41. The number of hydrogen-bond donors (Lipinski definition) is 2. The van der Waals surface area contributed by atoms with Crippen molar-refractivity contribution in [3.8, 4) is 0 Å². The first kappa shape index (κ1) is 25.8. The Hall–Kier alpha value is -3.79. The van der Waals surface area contributed by atoms with Gasteiger partial charge in [-0.1, -0.05) is 31.5 Å². The van der Waals surface area contributed by atoms with Gasteiger partial charge < -0.3 is 15.1 Å². The van der Waals surface area contributed by atoms with Crippen LogP contribution in [0, 0.1) is 23.0 Å². The minimum Gasteiger partial charge on any atom is -0.368 e. The number of likely N-dealkylation sites (N-methyl/N-ethyl adjacent to an activating group) is 1. The number of hydrazone groups is 1. The Morgan fingerprint density at radius 3 is 2.34 bits per heavy atom. The van der Waals surface area contributed by atoms with Crippen molar-refractivity contribution in [2.24, 2.45) is 11.0 Å². The van der Waals surface area contributed by atoms with E-state index < -0.39 is 16.9 Å². The summed E-state index contributed by atoms with van der Waals surface area (Å²) in [7, 11) is 2.05. The van der Waals surface area contributed by atoms with Gasteiger partial charge in [0.05, 0.1) is 11.1 Å². The summed E-state index contributed by atoms with van der Waals surface area (Å²) in [6.45, 7) is 8.90. The van der Waals surface area contributed by atoms with Crippen LogP contribution < -0.4 is 15.6 Å². The van der Waals surface area contributed by atoms with Crippen LogP contribution in [0.25, 0.3) is 0 Å². The second-order valence-corrected chi connectivity index (χ2v) is 9.09. The molecule has 35 heavy (non-hydrogen) atoms. The molecule has 1 heterocycles. The molecular weight excluding hydrogens is 448 g/mol. The van der Waals surface area contributed by atoms with Crippen LogP contribution in [0.2, 0.25) is 0 Å². The third-order valence-corrected chi connectivity index (χ3v) is 5.99. The maximum absolute atomic E-state index is 12.8. The van der Waals surface area contributed by atoms with E-state index in [0.717, 1.165) is 37.4 Å². The van der Waals surface area contributed by atoms with Crippen molar-refractivity contribution < 1.29 is 14.5 Å². The molecule has 0 aromatic heterocycles. The standard InChI is InChI=1S/C25H32N6O4/c1-17(2)23(27-24(32)19-7-5-18(3)6-8-19)25(33)28-26-16-20-15-21(31(34)35)9-10-22(20)30-13-11-29(4)12-14-30/h5-10,15-17,23H,11-14H2,1-4H3,(H,27,32)(H,28,33)/b26-16+. The normalized spacial score (nSPS) is 15.3. The molecule has 0 aliphatic carbocycles. The largest absolute Gasteiger partial charge is 0.368 e. The van der Waals surface area contributed by atoms with Crippen molar-refractivity contribution in [3.63, 3.8) is 0 Å². The predicted molar refractivity (Wildman–Crippen MR) is 136 cm³/mol. The Kier molecular flexibility index (Phi) is 8.53. The highest BCUT2D eigenvalue weighted by molar-refractivity contribution is 5.98. The van der Waals surface area contributed by atoms with Gasteiger partial charge in [-0.25, -0.2) is 5.43 Å². The molecule has 1 aliphatic heterocycles. The second-order valence-electron chi connectivity index (χ2n) is 9.09. The van der Waals surface area contributed by atoms with Crippen LogP contribution >= 0.6 is 0 Å². The lowest BCUT2D eigenvalue weighted by molar-refractivity contribution is -0.384. The number of non-ortho nitro benzene ring substituents is 1. The van der Waals surface area contributed by atoms with Gasteiger partial charge in [-0.15, -0.1) is 0 Å². The molecule has 2 N–H and O–H groups in total. The Balaban J connectivity index is 1.73. The fourth-order valence-electron chi connectivity index (χ4n) is 3.79. The minimum atomic E-state index is -0.803. The zero-order valence-corrected chi connectivity index (χ0v) is 20.5. The molecular formula is C25H32N6O4. The van der Waals surface area contributed by atoms with Crippen LogP contribution in [0.4, 0.5) is 11.4 Å². The fraction of sp³-hybridized carbons (Fsp3) is 0.400. The van der Waals surface area contributed by atoms with E-state index in [1.807, 2.05) is 40.0 Å². The average molecular weight is 481 g/mol. The molecule has 1 saturated heterocycles. The number of nitrogens with zero attached hydrogens (tertiary/aromatic N) is 4.